The summed E-state index contributed by atoms with van der Waals surface area (Å²) < 4.78 is 1.03. The third kappa shape index (κ3) is 3.05. The van der Waals surface area contributed by atoms with Crippen molar-refractivity contribution in [2.75, 3.05) is 12.3 Å². The Bertz CT molecular complexity index is 592. The molecule has 102 valence electrons. The van der Waals surface area contributed by atoms with Crippen LogP contribution in [-0.4, -0.2) is 23.7 Å². The van der Waals surface area contributed by atoms with Crippen LogP contribution in [0.25, 0.3) is 10.1 Å². The van der Waals surface area contributed by atoms with E-state index in [0.717, 1.165) is 10.1 Å². The highest BCUT2D eigenvalue weighted by molar-refractivity contribution is 7.20. The maximum absolute atomic E-state index is 12.1. The Kier molecular flexibility index (Phi) is 4.07. The molecule has 0 fully saturated rings. The van der Waals surface area contributed by atoms with Crippen molar-refractivity contribution < 1.29 is 9.90 Å². The molecule has 2 aromatic rings. The van der Waals surface area contributed by atoms with Crippen molar-refractivity contribution in [2.24, 2.45) is 5.92 Å². The highest BCUT2D eigenvalue weighted by Crippen LogP contribution is 2.27. The van der Waals surface area contributed by atoms with Crippen molar-refractivity contribution in [3.8, 4) is 0 Å². The minimum Gasteiger partial charge on any atom is -0.399 e. The summed E-state index contributed by atoms with van der Waals surface area (Å²) in [6.45, 7) is 3.88. The topological polar surface area (TPSA) is 75.3 Å². The van der Waals surface area contributed by atoms with Gasteiger partial charge in [0.25, 0.3) is 5.91 Å². The molecule has 0 aliphatic rings. The molecule has 0 saturated carbocycles. The molecular formula is C14H18N2O2S. The molecule has 0 radical (unpaired) electrons. The van der Waals surface area contributed by atoms with E-state index in [2.05, 4.69) is 5.32 Å². The van der Waals surface area contributed by atoms with Gasteiger partial charge in [0.1, 0.15) is 0 Å². The maximum Gasteiger partial charge on any atom is 0.261 e. The molecule has 0 bridgehead atoms. The second-order valence-corrected chi connectivity index (χ2v) is 6.00. The predicted octanol–water partition coefficient (Wildman–Crippen LogP) is 2.23. The van der Waals surface area contributed by atoms with Crippen LogP contribution in [0.1, 0.15) is 23.5 Å². The number of hydrogen-bond acceptors (Lipinski definition) is 4. The number of carbonyl (C=O) groups excluding carboxylic acids is 1. The Balaban J connectivity index is 2.21. The summed E-state index contributed by atoms with van der Waals surface area (Å²) in [7, 11) is 0. The van der Waals surface area contributed by atoms with Gasteiger partial charge in [-0.1, -0.05) is 13.8 Å². The molecule has 0 saturated heterocycles. The molecule has 4 N–H and O–H groups in total. The molecule has 5 heteroatoms. The number of rotatable bonds is 4. The first-order valence-electron chi connectivity index (χ1n) is 6.22. The Morgan fingerprint density at radius 3 is 2.79 bits per heavy atom. The van der Waals surface area contributed by atoms with E-state index < -0.39 is 0 Å². The van der Waals surface area contributed by atoms with Gasteiger partial charge in [0.05, 0.1) is 17.5 Å². The fraction of sp³-hybridized carbons (Fsp3) is 0.357. The molecule has 1 amide bonds. The summed E-state index contributed by atoms with van der Waals surface area (Å²) in [5.74, 6) is 0.0477. The second-order valence-electron chi connectivity index (χ2n) is 4.91. The minimum atomic E-state index is -0.220. The van der Waals surface area contributed by atoms with Gasteiger partial charge in [0.2, 0.25) is 0 Å². The van der Waals surface area contributed by atoms with Crippen LogP contribution in [0.5, 0.6) is 0 Å². The van der Waals surface area contributed by atoms with Crippen LogP contribution in [0.4, 0.5) is 5.69 Å². The van der Waals surface area contributed by atoms with Gasteiger partial charge >= 0.3 is 0 Å². The standard InChI is InChI=1S/C14H18N2O2S/c1-8(2)11(7-17)16-14(18)13-6-9-5-10(15)3-4-12(9)19-13/h3-6,8,11,17H,7,15H2,1-2H3,(H,16,18). The van der Waals surface area contributed by atoms with Crippen molar-refractivity contribution >= 4 is 33.0 Å². The lowest BCUT2D eigenvalue weighted by Crippen LogP contribution is -2.40. The van der Waals surface area contributed by atoms with E-state index in [9.17, 15) is 9.90 Å². The Hall–Kier alpha value is -1.59. The molecule has 0 spiro atoms. The summed E-state index contributed by atoms with van der Waals surface area (Å²) in [6, 6.07) is 7.21. The number of carbonyl (C=O) groups is 1. The molecule has 1 unspecified atom stereocenters. The van der Waals surface area contributed by atoms with Crippen LogP contribution in [0.3, 0.4) is 0 Å². The van der Waals surface area contributed by atoms with E-state index in [1.54, 1.807) is 0 Å². The van der Waals surface area contributed by atoms with Gasteiger partial charge in [0, 0.05) is 10.4 Å². The van der Waals surface area contributed by atoms with E-state index in [0.29, 0.717) is 10.6 Å². The van der Waals surface area contributed by atoms with Gasteiger partial charge in [-0.25, -0.2) is 0 Å². The number of fused-ring (bicyclic) bond motifs is 1. The first-order chi connectivity index (χ1) is 9.01. The zero-order valence-corrected chi connectivity index (χ0v) is 11.8. The molecule has 2 rings (SSSR count). The third-order valence-corrected chi connectivity index (χ3v) is 4.20. The lowest BCUT2D eigenvalue weighted by Gasteiger charge is -2.19. The van der Waals surface area contributed by atoms with Gasteiger partial charge in [-0.05, 0) is 35.6 Å². The first kappa shape index (κ1) is 13.8. The Labute approximate surface area is 116 Å². The fourth-order valence-electron chi connectivity index (χ4n) is 1.84. The van der Waals surface area contributed by atoms with Crippen LogP contribution >= 0.6 is 11.3 Å². The molecule has 19 heavy (non-hydrogen) atoms. The summed E-state index contributed by atoms with van der Waals surface area (Å²) in [6.07, 6.45) is 0. The van der Waals surface area contributed by atoms with Crippen molar-refractivity contribution in [1.82, 2.24) is 5.32 Å². The van der Waals surface area contributed by atoms with E-state index >= 15 is 0 Å². The summed E-state index contributed by atoms with van der Waals surface area (Å²) >= 11 is 1.43. The molecule has 0 aliphatic carbocycles. The van der Waals surface area contributed by atoms with Crippen LogP contribution in [0.2, 0.25) is 0 Å². The Morgan fingerprint density at radius 1 is 1.42 bits per heavy atom. The molecule has 1 atom stereocenters. The molecule has 1 heterocycles. The van der Waals surface area contributed by atoms with Crippen molar-refractivity contribution in [1.29, 1.82) is 0 Å². The van der Waals surface area contributed by atoms with Crippen LogP contribution in [-0.2, 0) is 0 Å². The van der Waals surface area contributed by atoms with Crippen LogP contribution in [0, 0.1) is 5.92 Å². The lowest BCUT2D eigenvalue weighted by molar-refractivity contribution is 0.0901. The SMILES string of the molecule is CC(C)C(CO)NC(=O)c1cc2cc(N)ccc2s1. The zero-order valence-electron chi connectivity index (χ0n) is 11.0. The highest BCUT2D eigenvalue weighted by Gasteiger charge is 2.17. The van der Waals surface area contributed by atoms with Crippen molar-refractivity contribution in [2.45, 2.75) is 19.9 Å². The number of anilines is 1. The quantitative estimate of drug-likeness (QED) is 0.751. The van der Waals surface area contributed by atoms with Gasteiger partial charge in [-0.2, -0.15) is 0 Å². The summed E-state index contributed by atoms with van der Waals surface area (Å²) in [4.78, 5) is 12.8. The molecule has 0 aliphatic heterocycles. The number of nitrogen functional groups attached to an aromatic ring is 1. The minimum absolute atomic E-state index is 0.0543. The zero-order chi connectivity index (χ0) is 14.0. The molecule has 1 aromatic carbocycles. The monoisotopic (exact) mass is 278 g/mol. The summed E-state index contributed by atoms with van der Waals surface area (Å²) in [5, 5.41) is 13.1. The number of amides is 1. The van der Waals surface area contributed by atoms with Gasteiger partial charge in [-0.3, -0.25) is 4.79 Å². The Morgan fingerprint density at radius 2 is 2.16 bits per heavy atom. The number of hydrogen-bond donors (Lipinski definition) is 3. The van der Waals surface area contributed by atoms with Crippen molar-refractivity contribution in [3.05, 3.63) is 29.1 Å². The highest BCUT2D eigenvalue weighted by atomic mass is 32.1. The van der Waals surface area contributed by atoms with E-state index in [-0.39, 0.29) is 24.5 Å². The van der Waals surface area contributed by atoms with Gasteiger partial charge < -0.3 is 16.2 Å². The second kappa shape index (κ2) is 5.59. The van der Waals surface area contributed by atoms with Crippen molar-refractivity contribution in [3.63, 3.8) is 0 Å². The van der Waals surface area contributed by atoms with Gasteiger partial charge in [0.15, 0.2) is 0 Å². The molecule has 1 aromatic heterocycles. The number of nitrogens with one attached hydrogen (secondary N) is 1. The first-order valence-corrected chi connectivity index (χ1v) is 7.03. The predicted molar refractivity (Wildman–Crippen MR) is 79.4 cm³/mol. The number of nitrogens with two attached hydrogens (primary N) is 1. The largest absolute Gasteiger partial charge is 0.399 e. The number of thiophene rings is 1. The number of aliphatic hydroxyl groups is 1. The lowest BCUT2D eigenvalue weighted by atomic mass is 10.1. The van der Waals surface area contributed by atoms with Gasteiger partial charge in [-0.15, -0.1) is 11.3 Å². The van der Waals surface area contributed by atoms with E-state index in [1.807, 2.05) is 38.1 Å². The smallest absolute Gasteiger partial charge is 0.261 e. The average molecular weight is 278 g/mol. The number of benzene rings is 1. The van der Waals surface area contributed by atoms with E-state index in [1.165, 1.54) is 11.3 Å². The fourth-order valence-corrected chi connectivity index (χ4v) is 2.78. The van der Waals surface area contributed by atoms with Crippen LogP contribution < -0.4 is 11.1 Å². The number of aliphatic hydroxyl groups excluding tert-OH is 1. The van der Waals surface area contributed by atoms with Crippen LogP contribution in [0.15, 0.2) is 24.3 Å². The summed E-state index contributed by atoms with van der Waals surface area (Å²) in [5.41, 5.74) is 6.41. The van der Waals surface area contributed by atoms with E-state index in [4.69, 9.17) is 5.73 Å². The normalized spacial score (nSPS) is 12.8. The maximum atomic E-state index is 12.1. The average Bonchev–Trinajstić information content (AvgIpc) is 2.78. The molecular weight excluding hydrogens is 260 g/mol. The molecule has 4 nitrogen and oxygen atoms in total. The third-order valence-electron chi connectivity index (χ3n) is 3.08.